The highest BCUT2D eigenvalue weighted by atomic mass is 32.2. The van der Waals surface area contributed by atoms with E-state index in [0.29, 0.717) is 19.7 Å². The van der Waals surface area contributed by atoms with Crippen LogP contribution >= 0.6 is 11.8 Å². The molecule has 2 fully saturated rings. The van der Waals surface area contributed by atoms with Crippen LogP contribution in [0.25, 0.3) is 0 Å². The third-order valence-corrected chi connectivity index (χ3v) is 9.66. The van der Waals surface area contributed by atoms with Crippen LogP contribution in [0.3, 0.4) is 0 Å². The van der Waals surface area contributed by atoms with Crippen LogP contribution in [0.1, 0.15) is 66.2 Å². The van der Waals surface area contributed by atoms with Crippen LogP contribution < -0.4 is 0 Å². The van der Waals surface area contributed by atoms with E-state index in [1.807, 2.05) is 38.7 Å². The maximum absolute atomic E-state index is 14.2. The fraction of sp³-hybridized carbons (Fsp3) is 0.741. The number of hydrogen-bond donors (Lipinski definition) is 1. The lowest BCUT2D eigenvalue weighted by Gasteiger charge is -2.41. The van der Waals surface area contributed by atoms with E-state index in [4.69, 9.17) is 9.84 Å². The Morgan fingerprint density at radius 3 is 2.51 bits per heavy atom. The van der Waals surface area contributed by atoms with Crippen LogP contribution in [0.15, 0.2) is 24.3 Å². The van der Waals surface area contributed by atoms with E-state index in [2.05, 4.69) is 18.2 Å². The molecule has 1 spiro atoms. The van der Waals surface area contributed by atoms with Gasteiger partial charge in [-0.25, -0.2) is 0 Å². The summed E-state index contributed by atoms with van der Waals surface area (Å²) in [6.07, 6.45) is 13.1. The molecule has 0 aromatic rings. The smallest absolute Gasteiger partial charge is 0.311 e. The molecule has 5 atom stereocenters. The Hall–Kier alpha value is -1.80. The summed E-state index contributed by atoms with van der Waals surface area (Å²) >= 11 is 1.60. The monoisotopic (exact) mass is 504 g/mol. The summed E-state index contributed by atoms with van der Waals surface area (Å²) < 4.78 is 4.21. The number of cyclic esters (lactones) is 1. The number of unbranched alkanes of at least 4 members (excludes halogenated alkanes) is 3. The van der Waals surface area contributed by atoms with Gasteiger partial charge < -0.3 is 19.6 Å². The summed E-state index contributed by atoms with van der Waals surface area (Å²) in [5.74, 6) is -1.78. The summed E-state index contributed by atoms with van der Waals surface area (Å²) in [5, 5.41) is 9.10. The van der Waals surface area contributed by atoms with Crippen molar-refractivity contribution in [2.45, 2.75) is 87.3 Å². The number of aliphatic hydroxyl groups excluding tert-OH is 1. The molecule has 35 heavy (non-hydrogen) atoms. The summed E-state index contributed by atoms with van der Waals surface area (Å²) in [4.78, 5) is 45.4. The Bertz CT molecular complexity index is 912. The number of carbonyl (C=O) groups excluding carboxylic acids is 3. The average molecular weight is 505 g/mol. The second kappa shape index (κ2) is 9.92. The Kier molecular flexibility index (Phi) is 7.45. The molecule has 0 bridgehead atoms. The molecule has 4 rings (SSSR count). The van der Waals surface area contributed by atoms with Crippen molar-refractivity contribution in [3.8, 4) is 0 Å². The topological polar surface area (TPSA) is 87.2 Å². The molecule has 4 heterocycles. The lowest BCUT2D eigenvalue weighted by atomic mass is 9.74. The molecule has 2 amide bonds. The number of thioether (sulfide) groups is 1. The largest absolute Gasteiger partial charge is 0.465 e. The van der Waals surface area contributed by atoms with Crippen molar-refractivity contribution in [1.82, 2.24) is 9.80 Å². The van der Waals surface area contributed by atoms with Crippen molar-refractivity contribution in [2.75, 3.05) is 26.3 Å². The minimum atomic E-state index is -0.818. The maximum atomic E-state index is 14.2. The number of ether oxygens (including phenoxy) is 1. The normalized spacial score (nSPS) is 36.0. The molecule has 4 aliphatic heterocycles. The van der Waals surface area contributed by atoms with Crippen LogP contribution in [-0.2, 0) is 19.1 Å². The van der Waals surface area contributed by atoms with Gasteiger partial charge in [0.05, 0.1) is 23.2 Å². The highest BCUT2D eigenvalue weighted by Gasteiger charge is 2.74. The SMILES string of the molecule is CC(C)(C)N1CC=C[C@]23S[C@@]4(C)/C=C\CCCOC(=O)[C@H]4[C@H]2C(=O)N(CCCCCCO)C3C1=O. The molecule has 4 aliphatic rings. The standard InChI is InChI=1S/C27H40N2O5S/c1-25(2,3)29-16-12-14-27-19(20-24(33)34-18-11-7-8-13-26(20,4)35-27)22(31)28(21(27)23(29)32)15-9-5-6-10-17-30/h8,12-14,19-21,30H,5-7,9-11,15-18H2,1-4H3/b13-8-/t19-,20+,21?,26-,27-/m0/s1. The van der Waals surface area contributed by atoms with Gasteiger partial charge in [-0.1, -0.05) is 37.1 Å². The molecule has 1 N–H and O–H groups in total. The van der Waals surface area contributed by atoms with Gasteiger partial charge in [-0.2, -0.15) is 0 Å². The van der Waals surface area contributed by atoms with Gasteiger partial charge in [-0.3, -0.25) is 14.4 Å². The minimum Gasteiger partial charge on any atom is -0.465 e. The number of carbonyl (C=O) groups is 3. The van der Waals surface area contributed by atoms with Crippen molar-refractivity contribution < 1.29 is 24.2 Å². The van der Waals surface area contributed by atoms with E-state index < -0.39 is 32.9 Å². The van der Waals surface area contributed by atoms with E-state index >= 15 is 0 Å². The Morgan fingerprint density at radius 1 is 1.06 bits per heavy atom. The quantitative estimate of drug-likeness (QED) is 0.339. The first-order valence-corrected chi connectivity index (χ1v) is 13.8. The minimum absolute atomic E-state index is 0.0475. The van der Waals surface area contributed by atoms with E-state index in [1.54, 1.807) is 16.7 Å². The summed E-state index contributed by atoms with van der Waals surface area (Å²) in [6.45, 7) is 9.53. The highest BCUT2D eigenvalue weighted by Crippen LogP contribution is 2.65. The van der Waals surface area contributed by atoms with E-state index in [1.165, 1.54) is 0 Å². The maximum Gasteiger partial charge on any atom is 0.311 e. The molecular formula is C27H40N2O5S. The molecule has 0 aromatic carbocycles. The number of fused-ring (bicyclic) bond motifs is 2. The number of nitrogens with zero attached hydrogens (tertiary/aromatic N) is 2. The zero-order valence-electron chi connectivity index (χ0n) is 21.5. The van der Waals surface area contributed by atoms with E-state index in [0.717, 1.165) is 38.5 Å². The number of allylic oxidation sites excluding steroid dienone is 1. The number of hydrogen-bond acceptors (Lipinski definition) is 6. The Labute approximate surface area is 213 Å². The summed E-state index contributed by atoms with van der Waals surface area (Å²) in [5.41, 5.74) is -0.396. The third kappa shape index (κ3) is 4.57. The molecule has 1 unspecified atom stereocenters. The Balaban J connectivity index is 1.77. The van der Waals surface area contributed by atoms with Crippen molar-refractivity contribution in [2.24, 2.45) is 11.8 Å². The number of rotatable bonds is 6. The van der Waals surface area contributed by atoms with E-state index in [9.17, 15) is 14.4 Å². The van der Waals surface area contributed by atoms with Crippen LogP contribution in [0.2, 0.25) is 0 Å². The highest BCUT2D eigenvalue weighted by molar-refractivity contribution is 8.02. The number of esters is 1. The number of amides is 2. The summed E-state index contributed by atoms with van der Waals surface area (Å²) in [7, 11) is 0. The van der Waals surface area contributed by atoms with Gasteiger partial charge >= 0.3 is 5.97 Å². The predicted octanol–water partition coefficient (Wildman–Crippen LogP) is 3.32. The number of likely N-dealkylation sites (tertiary alicyclic amines) is 1. The molecule has 0 aromatic heterocycles. The van der Waals surface area contributed by atoms with Gasteiger partial charge in [0.15, 0.2) is 0 Å². The number of aliphatic hydroxyl groups is 1. The first-order chi connectivity index (χ1) is 16.6. The van der Waals surface area contributed by atoms with Gasteiger partial charge in [0.2, 0.25) is 11.8 Å². The predicted molar refractivity (Wildman–Crippen MR) is 137 cm³/mol. The molecule has 0 radical (unpaired) electrons. The van der Waals surface area contributed by atoms with Crippen molar-refractivity contribution >= 4 is 29.5 Å². The third-order valence-electron chi connectivity index (χ3n) is 7.87. The molecule has 7 nitrogen and oxygen atoms in total. The molecule has 0 aliphatic carbocycles. The first kappa shape index (κ1) is 26.3. The van der Waals surface area contributed by atoms with E-state index in [-0.39, 0.29) is 24.4 Å². The molecule has 194 valence electrons. The lowest BCUT2D eigenvalue weighted by molar-refractivity contribution is -0.154. The van der Waals surface area contributed by atoms with Gasteiger partial charge in [-0.15, -0.1) is 11.8 Å². The van der Waals surface area contributed by atoms with Gasteiger partial charge in [-0.05, 0) is 53.4 Å². The average Bonchev–Trinajstić information content (AvgIpc) is 3.12. The van der Waals surface area contributed by atoms with Crippen LogP contribution in [0.4, 0.5) is 0 Å². The fourth-order valence-electron chi connectivity index (χ4n) is 6.23. The van der Waals surface area contributed by atoms with Crippen LogP contribution in [0, 0.1) is 11.8 Å². The lowest BCUT2D eigenvalue weighted by Crippen LogP contribution is -2.57. The fourth-order valence-corrected chi connectivity index (χ4v) is 8.38. The van der Waals surface area contributed by atoms with Crippen molar-refractivity contribution in [1.29, 1.82) is 0 Å². The molecule has 2 saturated heterocycles. The van der Waals surface area contributed by atoms with Crippen molar-refractivity contribution in [3.63, 3.8) is 0 Å². The second-order valence-electron chi connectivity index (χ2n) is 11.4. The van der Waals surface area contributed by atoms with Gasteiger partial charge in [0.1, 0.15) is 6.04 Å². The van der Waals surface area contributed by atoms with Crippen LogP contribution in [0.5, 0.6) is 0 Å². The van der Waals surface area contributed by atoms with Gasteiger partial charge in [0.25, 0.3) is 0 Å². The summed E-state index contributed by atoms with van der Waals surface area (Å²) in [6, 6.07) is -0.658. The zero-order valence-corrected chi connectivity index (χ0v) is 22.3. The molecular weight excluding hydrogens is 464 g/mol. The first-order valence-electron chi connectivity index (χ1n) is 13.0. The molecule has 8 heteroatoms. The Morgan fingerprint density at radius 2 is 1.80 bits per heavy atom. The van der Waals surface area contributed by atoms with Crippen LogP contribution in [-0.4, -0.2) is 80.1 Å². The molecule has 0 saturated carbocycles. The van der Waals surface area contributed by atoms with Crippen molar-refractivity contribution in [3.05, 3.63) is 24.3 Å². The zero-order chi connectivity index (χ0) is 25.4. The van der Waals surface area contributed by atoms with Gasteiger partial charge in [0, 0.05) is 30.0 Å². The second-order valence-corrected chi connectivity index (χ2v) is 13.2.